The second-order valence-electron chi connectivity index (χ2n) is 4.34. The molecule has 2 aromatic rings. The highest BCUT2D eigenvalue weighted by Crippen LogP contribution is 2.13. The van der Waals surface area contributed by atoms with Crippen LogP contribution in [0, 0.1) is 0 Å². The summed E-state index contributed by atoms with van der Waals surface area (Å²) < 4.78 is 5.21. The van der Waals surface area contributed by atoms with E-state index in [1.165, 1.54) is 24.5 Å². The highest BCUT2D eigenvalue weighted by atomic mass is 32.1. The van der Waals surface area contributed by atoms with E-state index < -0.39 is 12.1 Å². The molecule has 6 nitrogen and oxygen atoms in total. The molecule has 0 aliphatic heterocycles. The van der Waals surface area contributed by atoms with Crippen LogP contribution in [0.15, 0.2) is 46.9 Å². The number of rotatable bonds is 6. The fourth-order valence-electron chi connectivity index (χ4n) is 1.52. The largest absolute Gasteiger partial charge is 0.479 e. The van der Waals surface area contributed by atoms with Crippen molar-refractivity contribution in [1.29, 1.82) is 0 Å². The molecule has 1 aromatic heterocycles. The number of carboxylic acids is 1. The summed E-state index contributed by atoms with van der Waals surface area (Å²) >= 11 is 1.34. The van der Waals surface area contributed by atoms with Gasteiger partial charge in [-0.1, -0.05) is 6.07 Å². The van der Waals surface area contributed by atoms with E-state index in [1.807, 2.05) is 5.38 Å². The van der Waals surface area contributed by atoms with Crippen molar-refractivity contribution in [3.8, 4) is 5.75 Å². The zero-order chi connectivity index (χ0) is 15.9. The van der Waals surface area contributed by atoms with Crippen molar-refractivity contribution < 1.29 is 19.4 Å². The molecule has 1 amide bonds. The Bertz CT molecular complexity index is 665. The minimum absolute atomic E-state index is 0.263. The first-order valence-electron chi connectivity index (χ1n) is 6.42. The first-order valence-corrected chi connectivity index (χ1v) is 7.30. The Balaban J connectivity index is 1.89. The van der Waals surface area contributed by atoms with Gasteiger partial charge in [-0.25, -0.2) is 10.2 Å². The second kappa shape index (κ2) is 7.37. The first kappa shape index (κ1) is 15.7. The summed E-state index contributed by atoms with van der Waals surface area (Å²) in [6, 6.07) is 10.2. The Morgan fingerprint density at radius 2 is 2.05 bits per heavy atom. The summed E-state index contributed by atoms with van der Waals surface area (Å²) in [5.41, 5.74) is 3.18. The van der Waals surface area contributed by atoms with Crippen molar-refractivity contribution in [2.24, 2.45) is 5.10 Å². The third-order valence-electron chi connectivity index (χ3n) is 2.67. The average molecular weight is 318 g/mol. The number of carbonyl (C=O) groups is 2. The Kier molecular flexibility index (Phi) is 5.26. The topological polar surface area (TPSA) is 88.0 Å². The predicted octanol–water partition coefficient (Wildman–Crippen LogP) is 2.36. The molecule has 114 valence electrons. The number of amides is 1. The number of hydrogen-bond donors (Lipinski definition) is 2. The molecule has 0 aliphatic carbocycles. The normalized spacial score (nSPS) is 12.0. The lowest BCUT2D eigenvalue weighted by Crippen LogP contribution is -2.22. The molecule has 1 aromatic carbocycles. The van der Waals surface area contributed by atoms with Gasteiger partial charge < -0.3 is 9.84 Å². The van der Waals surface area contributed by atoms with Crippen LogP contribution >= 0.6 is 11.3 Å². The molecular weight excluding hydrogens is 304 g/mol. The minimum Gasteiger partial charge on any atom is -0.479 e. The number of carbonyl (C=O) groups excluding carboxylic acids is 1. The van der Waals surface area contributed by atoms with Gasteiger partial charge in [-0.15, -0.1) is 11.3 Å². The monoisotopic (exact) mass is 318 g/mol. The Morgan fingerprint density at radius 3 is 2.64 bits per heavy atom. The van der Waals surface area contributed by atoms with Crippen molar-refractivity contribution in [2.75, 3.05) is 0 Å². The summed E-state index contributed by atoms with van der Waals surface area (Å²) in [6.07, 6.45) is 0.584. The molecule has 0 radical (unpaired) electrons. The summed E-state index contributed by atoms with van der Waals surface area (Å²) in [6.45, 7) is 1.46. The maximum Gasteiger partial charge on any atom is 0.344 e. The standard InChI is InChI=1S/C15H14N2O4S/c1-10(15(19)20)21-12-6-4-11(5-7-12)9-16-17-14(18)13-3-2-8-22-13/h2-10H,1H3,(H,17,18)(H,19,20)/b16-9+/t10-/m1/s1. The first-order chi connectivity index (χ1) is 10.6. The van der Waals surface area contributed by atoms with Crippen LogP contribution in [0.2, 0.25) is 0 Å². The van der Waals surface area contributed by atoms with E-state index in [0.717, 1.165) is 5.56 Å². The fourth-order valence-corrected chi connectivity index (χ4v) is 2.13. The number of ether oxygens (including phenoxy) is 1. The molecule has 0 unspecified atom stereocenters. The zero-order valence-corrected chi connectivity index (χ0v) is 12.5. The molecule has 0 saturated heterocycles. The Labute approximate surface area is 131 Å². The van der Waals surface area contributed by atoms with E-state index >= 15 is 0 Å². The maximum atomic E-state index is 11.6. The van der Waals surface area contributed by atoms with Crippen LogP contribution in [0.4, 0.5) is 0 Å². The van der Waals surface area contributed by atoms with Crippen molar-refractivity contribution in [1.82, 2.24) is 5.43 Å². The molecule has 22 heavy (non-hydrogen) atoms. The fraction of sp³-hybridized carbons (Fsp3) is 0.133. The van der Waals surface area contributed by atoms with E-state index in [1.54, 1.807) is 36.4 Å². The molecule has 0 aliphatic rings. The molecule has 2 N–H and O–H groups in total. The van der Waals surface area contributed by atoms with Crippen LogP contribution in [0.3, 0.4) is 0 Å². The van der Waals surface area contributed by atoms with E-state index in [0.29, 0.717) is 10.6 Å². The van der Waals surface area contributed by atoms with Gasteiger partial charge in [0.15, 0.2) is 6.10 Å². The lowest BCUT2D eigenvalue weighted by Gasteiger charge is -2.09. The second-order valence-corrected chi connectivity index (χ2v) is 5.29. The minimum atomic E-state index is -1.03. The van der Waals surface area contributed by atoms with E-state index in [2.05, 4.69) is 10.5 Å². The SMILES string of the molecule is C[C@@H](Oc1ccc(/C=N/NC(=O)c2cccs2)cc1)C(=O)O. The molecule has 0 spiro atoms. The summed E-state index contributed by atoms with van der Waals surface area (Å²) in [5.74, 6) is -0.835. The van der Waals surface area contributed by atoms with E-state index in [-0.39, 0.29) is 5.91 Å². The average Bonchev–Trinajstić information content (AvgIpc) is 3.03. The molecule has 2 rings (SSSR count). The quantitative estimate of drug-likeness (QED) is 0.632. The van der Waals surface area contributed by atoms with Crippen molar-refractivity contribution >= 4 is 29.4 Å². The van der Waals surface area contributed by atoms with Gasteiger partial charge >= 0.3 is 5.97 Å². The predicted molar refractivity (Wildman–Crippen MR) is 83.5 cm³/mol. The number of nitrogens with zero attached hydrogens (tertiary/aromatic N) is 1. The number of nitrogens with one attached hydrogen (secondary N) is 1. The van der Waals surface area contributed by atoms with Crippen molar-refractivity contribution in [3.63, 3.8) is 0 Å². The van der Waals surface area contributed by atoms with Crippen LogP contribution in [-0.4, -0.2) is 29.3 Å². The van der Waals surface area contributed by atoms with Crippen LogP contribution in [0.1, 0.15) is 22.2 Å². The molecule has 0 fully saturated rings. The summed E-state index contributed by atoms with van der Waals surface area (Å²) in [7, 11) is 0. The third-order valence-corrected chi connectivity index (χ3v) is 3.53. The number of aliphatic carboxylic acids is 1. The molecule has 1 heterocycles. The lowest BCUT2D eigenvalue weighted by molar-refractivity contribution is -0.144. The molecule has 7 heteroatoms. The Hall–Kier alpha value is -2.67. The highest BCUT2D eigenvalue weighted by molar-refractivity contribution is 7.12. The van der Waals surface area contributed by atoms with Gasteiger partial charge in [0.1, 0.15) is 5.75 Å². The van der Waals surface area contributed by atoms with Gasteiger partial charge in [-0.3, -0.25) is 4.79 Å². The summed E-state index contributed by atoms with van der Waals surface area (Å²) in [5, 5.41) is 14.4. The van der Waals surface area contributed by atoms with Gasteiger partial charge in [0, 0.05) is 0 Å². The number of carboxylic acid groups (broad SMARTS) is 1. The molecular formula is C15H14N2O4S. The molecule has 0 saturated carbocycles. The van der Waals surface area contributed by atoms with Crippen molar-refractivity contribution in [2.45, 2.75) is 13.0 Å². The summed E-state index contributed by atoms with van der Waals surface area (Å²) in [4.78, 5) is 22.9. The highest BCUT2D eigenvalue weighted by Gasteiger charge is 2.11. The van der Waals surface area contributed by atoms with Crippen molar-refractivity contribution in [3.05, 3.63) is 52.2 Å². The van der Waals surface area contributed by atoms with Crippen LogP contribution < -0.4 is 10.2 Å². The number of hydrazone groups is 1. The van der Waals surface area contributed by atoms with Gasteiger partial charge in [0.05, 0.1) is 11.1 Å². The number of benzene rings is 1. The maximum absolute atomic E-state index is 11.6. The van der Waals surface area contributed by atoms with Gasteiger partial charge in [0.2, 0.25) is 0 Å². The van der Waals surface area contributed by atoms with Crippen LogP contribution in [-0.2, 0) is 4.79 Å². The van der Waals surface area contributed by atoms with Crippen LogP contribution in [0.5, 0.6) is 5.75 Å². The zero-order valence-electron chi connectivity index (χ0n) is 11.7. The third kappa shape index (κ3) is 4.42. The molecule has 1 atom stereocenters. The Morgan fingerprint density at radius 1 is 1.32 bits per heavy atom. The number of thiophene rings is 1. The lowest BCUT2D eigenvalue weighted by atomic mass is 10.2. The van der Waals surface area contributed by atoms with Crippen LogP contribution in [0.25, 0.3) is 0 Å². The van der Waals surface area contributed by atoms with Gasteiger partial charge in [-0.2, -0.15) is 5.10 Å². The smallest absolute Gasteiger partial charge is 0.344 e. The van der Waals surface area contributed by atoms with Gasteiger partial charge in [-0.05, 0) is 48.2 Å². The molecule has 0 bridgehead atoms. The van der Waals surface area contributed by atoms with Gasteiger partial charge in [0.25, 0.3) is 5.91 Å². The van der Waals surface area contributed by atoms with E-state index in [9.17, 15) is 9.59 Å². The van der Waals surface area contributed by atoms with E-state index in [4.69, 9.17) is 9.84 Å². The number of hydrogen-bond acceptors (Lipinski definition) is 5.